The van der Waals surface area contributed by atoms with Gasteiger partial charge >= 0.3 is 0 Å². The Hall–Kier alpha value is -4.83. The van der Waals surface area contributed by atoms with Crippen LogP contribution < -0.4 is 0 Å². The average Bonchev–Trinajstić information content (AvgIpc) is 3.70. The molecular weight excluding hydrogens is 607 g/mol. The van der Waals surface area contributed by atoms with Crippen LogP contribution in [-0.4, -0.2) is 4.98 Å². The van der Waals surface area contributed by atoms with Gasteiger partial charge in [-0.3, -0.25) is 0 Å². The summed E-state index contributed by atoms with van der Waals surface area (Å²) >= 11 is 3.92. The monoisotopic (exact) mass is 637 g/mol. The highest BCUT2D eigenvalue weighted by Crippen LogP contribution is 2.48. The molecule has 0 amide bonds. The summed E-state index contributed by atoms with van der Waals surface area (Å²) < 4.78 is 2.76. The van der Waals surface area contributed by atoms with Crippen LogP contribution in [-0.2, 0) is 6.42 Å². The molecule has 3 heteroatoms. The van der Waals surface area contributed by atoms with E-state index in [1.54, 1.807) is 0 Å². The summed E-state index contributed by atoms with van der Waals surface area (Å²) in [5.74, 6) is 0.503. The van der Waals surface area contributed by atoms with Gasteiger partial charge in [-0.2, -0.15) is 0 Å². The van der Waals surface area contributed by atoms with Gasteiger partial charge in [0.25, 0.3) is 0 Å². The maximum Gasteiger partial charge on any atom is 0.0715 e. The van der Waals surface area contributed by atoms with Crippen molar-refractivity contribution in [2.24, 2.45) is 0 Å². The summed E-state index contributed by atoms with van der Waals surface area (Å²) in [7, 11) is 0. The van der Waals surface area contributed by atoms with Gasteiger partial charge in [0, 0.05) is 35.5 Å². The van der Waals surface area contributed by atoms with E-state index in [0.29, 0.717) is 5.92 Å². The van der Waals surface area contributed by atoms with Crippen LogP contribution in [0.3, 0.4) is 0 Å². The molecule has 47 heavy (non-hydrogen) atoms. The predicted octanol–water partition coefficient (Wildman–Crippen LogP) is 13.0. The van der Waals surface area contributed by atoms with Gasteiger partial charge in [0.05, 0.1) is 11.2 Å². The number of pyridine rings is 1. The van der Waals surface area contributed by atoms with E-state index in [1.807, 2.05) is 22.7 Å². The standard InChI is InChI=1S/C44H31NS2/c1-26-17-19-34(44-42(26)37-12-5-7-16-41(37)47-44)31-22-30(33-13-8-14-36-35-11-4-6-15-40(35)46-43(33)36)23-32(24-31)38-20-18-29-21-27-9-2-3-10-28(27)25-39(29)45-38/h2-5,7-14,16,18-26H,6,15,17H2,1H3. The summed E-state index contributed by atoms with van der Waals surface area (Å²) in [4.78, 5) is 8.23. The first kappa shape index (κ1) is 27.3. The Morgan fingerprint density at radius 2 is 1.51 bits per heavy atom. The highest BCUT2D eigenvalue weighted by molar-refractivity contribution is 7.20. The third kappa shape index (κ3) is 4.37. The molecule has 0 N–H and O–H groups in total. The van der Waals surface area contributed by atoms with Crippen LogP contribution in [0.25, 0.3) is 75.9 Å². The van der Waals surface area contributed by atoms with Crippen LogP contribution in [0.5, 0.6) is 0 Å². The molecule has 0 spiro atoms. The number of fused-ring (bicyclic) bond motifs is 8. The van der Waals surface area contributed by atoms with Crippen molar-refractivity contribution in [1.29, 1.82) is 0 Å². The quantitative estimate of drug-likeness (QED) is 0.176. The van der Waals surface area contributed by atoms with Crippen LogP contribution >= 0.6 is 22.7 Å². The van der Waals surface area contributed by atoms with Crippen molar-refractivity contribution in [2.45, 2.75) is 32.1 Å². The number of thiophene rings is 2. The van der Waals surface area contributed by atoms with E-state index in [2.05, 4.69) is 134 Å². The number of rotatable bonds is 3. The van der Waals surface area contributed by atoms with Gasteiger partial charge in [-0.05, 0) is 117 Å². The van der Waals surface area contributed by atoms with Gasteiger partial charge < -0.3 is 0 Å². The minimum Gasteiger partial charge on any atom is -0.248 e. The van der Waals surface area contributed by atoms with Gasteiger partial charge in [0.1, 0.15) is 0 Å². The van der Waals surface area contributed by atoms with Crippen LogP contribution in [0.15, 0.2) is 121 Å². The van der Waals surface area contributed by atoms with Crippen molar-refractivity contribution in [1.82, 2.24) is 4.98 Å². The molecule has 1 unspecified atom stereocenters. The Kier molecular flexibility index (Phi) is 6.16. The highest BCUT2D eigenvalue weighted by Gasteiger charge is 2.25. The maximum atomic E-state index is 5.30. The summed E-state index contributed by atoms with van der Waals surface area (Å²) in [6.07, 6.45) is 10.5. The Balaban J connectivity index is 1.21. The summed E-state index contributed by atoms with van der Waals surface area (Å²) in [5.41, 5.74) is 11.3. The number of benzene rings is 5. The molecular formula is C44H31NS2. The second-order valence-corrected chi connectivity index (χ2v) is 15.2. The number of hydrogen-bond donors (Lipinski definition) is 0. The largest absolute Gasteiger partial charge is 0.248 e. The van der Waals surface area contributed by atoms with Crippen molar-refractivity contribution in [3.63, 3.8) is 0 Å². The molecule has 5 aromatic carbocycles. The van der Waals surface area contributed by atoms with E-state index in [0.717, 1.165) is 36.0 Å². The predicted molar refractivity (Wildman–Crippen MR) is 205 cm³/mol. The smallest absolute Gasteiger partial charge is 0.0715 e. The van der Waals surface area contributed by atoms with Gasteiger partial charge in [-0.1, -0.05) is 91.9 Å². The minimum absolute atomic E-state index is 0.503. The average molecular weight is 638 g/mol. The molecule has 0 saturated heterocycles. The zero-order valence-electron chi connectivity index (χ0n) is 26.1. The number of aromatic nitrogens is 1. The van der Waals surface area contributed by atoms with E-state index in [1.165, 1.54) is 79.5 Å². The molecule has 10 rings (SSSR count). The van der Waals surface area contributed by atoms with E-state index in [-0.39, 0.29) is 0 Å². The molecule has 0 bridgehead atoms. The topological polar surface area (TPSA) is 12.9 Å². The molecule has 1 nitrogen and oxygen atoms in total. The molecule has 3 aromatic heterocycles. The molecule has 1 atom stereocenters. The van der Waals surface area contributed by atoms with Crippen LogP contribution in [0.4, 0.5) is 0 Å². The zero-order chi connectivity index (χ0) is 31.1. The summed E-state index contributed by atoms with van der Waals surface area (Å²) in [6.45, 7) is 2.38. The van der Waals surface area contributed by atoms with Crippen LogP contribution in [0.1, 0.15) is 52.1 Å². The van der Waals surface area contributed by atoms with Crippen molar-refractivity contribution in [3.05, 3.63) is 148 Å². The second kappa shape index (κ2) is 10.6. The Bertz CT molecular complexity index is 2630. The van der Waals surface area contributed by atoms with Crippen molar-refractivity contribution in [2.75, 3.05) is 0 Å². The molecule has 2 aliphatic rings. The third-order valence-corrected chi connectivity index (χ3v) is 12.6. The molecule has 0 fully saturated rings. The van der Waals surface area contributed by atoms with Gasteiger partial charge in [-0.15, -0.1) is 22.7 Å². The normalized spacial score (nSPS) is 15.8. The second-order valence-electron chi connectivity index (χ2n) is 13.0. The van der Waals surface area contributed by atoms with Crippen molar-refractivity contribution in [3.8, 4) is 22.4 Å². The fourth-order valence-electron chi connectivity index (χ4n) is 7.77. The molecule has 8 aromatic rings. The molecule has 224 valence electrons. The third-order valence-electron chi connectivity index (χ3n) is 10.1. The van der Waals surface area contributed by atoms with Gasteiger partial charge in [0.15, 0.2) is 0 Å². The van der Waals surface area contributed by atoms with Crippen LogP contribution in [0, 0.1) is 0 Å². The molecule has 0 radical (unpaired) electrons. The van der Waals surface area contributed by atoms with Crippen LogP contribution in [0.2, 0.25) is 0 Å². The summed E-state index contributed by atoms with van der Waals surface area (Å²) in [5, 5.41) is 6.42. The lowest BCUT2D eigenvalue weighted by molar-refractivity contribution is 0.780. The lowest BCUT2D eigenvalue weighted by Crippen LogP contribution is -2.02. The van der Waals surface area contributed by atoms with E-state index < -0.39 is 0 Å². The highest BCUT2D eigenvalue weighted by atomic mass is 32.1. The van der Waals surface area contributed by atoms with Crippen molar-refractivity contribution < 1.29 is 0 Å². The van der Waals surface area contributed by atoms with Gasteiger partial charge in [-0.25, -0.2) is 4.98 Å². The Morgan fingerprint density at radius 1 is 0.702 bits per heavy atom. The minimum atomic E-state index is 0.503. The fourth-order valence-corrected chi connectivity index (χ4v) is 10.5. The fraction of sp³-hybridized carbons (Fsp3) is 0.114. The SMILES string of the molecule is CC1CC=C(c2cc(-c3ccc4cc5ccccc5cc4n3)cc(-c3cccc4c5c(sc34)CCC=C5)c2)c2sc3ccccc3c21. The molecule has 0 saturated carbocycles. The van der Waals surface area contributed by atoms with Crippen molar-refractivity contribution >= 4 is 76.2 Å². The molecule has 0 aliphatic heterocycles. The van der Waals surface area contributed by atoms with Gasteiger partial charge in [0.2, 0.25) is 0 Å². The van der Waals surface area contributed by atoms with E-state index >= 15 is 0 Å². The lowest BCUT2D eigenvalue weighted by atomic mass is 9.84. The Morgan fingerprint density at radius 3 is 2.45 bits per heavy atom. The number of aryl methyl sites for hydroxylation is 1. The maximum absolute atomic E-state index is 5.30. The zero-order valence-corrected chi connectivity index (χ0v) is 27.7. The number of allylic oxidation sites excluding steroid dienone is 2. The number of hydrogen-bond acceptors (Lipinski definition) is 3. The van der Waals surface area contributed by atoms with E-state index in [9.17, 15) is 0 Å². The first-order valence-corrected chi connectivity index (χ1v) is 18.2. The molecule has 3 heterocycles. The van der Waals surface area contributed by atoms with E-state index in [4.69, 9.17) is 4.98 Å². The first-order chi connectivity index (χ1) is 23.2. The molecule has 2 aliphatic carbocycles. The summed E-state index contributed by atoms with van der Waals surface area (Å²) in [6, 6.07) is 40.5. The number of nitrogens with zero attached hydrogens (tertiary/aromatic N) is 1. The Labute approximate surface area is 282 Å². The lowest BCUT2D eigenvalue weighted by Gasteiger charge is -2.21. The first-order valence-electron chi connectivity index (χ1n) is 16.6.